The van der Waals surface area contributed by atoms with E-state index in [9.17, 15) is 0 Å². The Hall–Kier alpha value is -2.87. The number of hydrogen-bond acceptors (Lipinski definition) is 2. The number of ether oxygens (including phenoxy) is 1. The summed E-state index contributed by atoms with van der Waals surface area (Å²) in [5.74, 6) is 0.865. The van der Waals surface area contributed by atoms with Gasteiger partial charge in [-0.15, -0.1) is 0 Å². The van der Waals surface area contributed by atoms with E-state index in [2.05, 4.69) is 68.2 Å². The zero-order valence-corrected chi connectivity index (χ0v) is 15.0. The summed E-state index contributed by atoms with van der Waals surface area (Å²) in [5, 5.41) is 0. The Morgan fingerprint density at radius 1 is 0.800 bits per heavy atom. The molecule has 0 spiro atoms. The fraction of sp³-hybridized carbons (Fsp3) is 0.174. The van der Waals surface area contributed by atoms with Crippen LogP contribution in [0.5, 0.6) is 5.75 Å². The summed E-state index contributed by atoms with van der Waals surface area (Å²) in [6.07, 6.45) is 1.89. The highest BCUT2D eigenvalue weighted by molar-refractivity contribution is 5.82. The van der Waals surface area contributed by atoms with Gasteiger partial charge < -0.3 is 4.74 Å². The fourth-order valence-electron chi connectivity index (χ4n) is 2.50. The van der Waals surface area contributed by atoms with E-state index in [0.717, 1.165) is 17.0 Å². The van der Waals surface area contributed by atoms with Crippen molar-refractivity contribution in [3.63, 3.8) is 0 Å². The molecule has 0 unspecified atom stereocenters. The first kappa shape index (κ1) is 17.0. The average molecular weight is 329 g/mol. The molecule has 0 aliphatic carbocycles. The lowest BCUT2D eigenvalue weighted by atomic mass is 10.1. The van der Waals surface area contributed by atoms with Gasteiger partial charge in [0.1, 0.15) is 12.4 Å². The van der Waals surface area contributed by atoms with Crippen LogP contribution in [-0.2, 0) is 6.61 Å². The number of nitrogens with zero attached hydrogens (tertiary/aromatic N) is 1. The molecule has 3 aromatic rings. The van der Waals surface area contributed by atoms with Gasteiger partial charge in [-0.3, -0.25) is 4.99 Å². The van der Waals surface area contributed by atoms with Crippen molar-refractivity contribution in [3.8, 4) is 5.75 Å². The summed E-state index contributed by atoms with van der Waals surface area (Å²) in [5.41, 5.74) is 6.91. The second kappa shape index (κ2) is 7.80. The van der Waals surface area contributed by atoms with Gasteiger partial charge in [-0.05, 0) is 73.4 Å². The third-order valence-electron chi connectivity index (χ3n) is 4.12. The maximum Gasteiger partial charge on any atom is 0.119 e. The molecule has 2 nitrogen and oxygen atoms in total. The van der Waals surface area contributed by atoms with E-state index in [4.69, 9.17) is 4.74 Å². The number of benzene rings is 3. The predicted octanol–water partition coefficient (Wildman–Crippen LogP) is 5.94. The first-order valence-corrected chi connectivity index (χ1v) is 8.50. The van der Waals surface area contributed by atoms with E-state index in [1.807, 2.05) is 30.5 Å². The Balaban J connectivity index is 1.62. The maximum absolute atomic E-state index is 5.84. The van der Waals surface area contributed by atoms with Crippen LogP contribution < -0.4 is 4.74 Å². The van der Waals surface area contributed by atoms with Crippen LogP contribution in [0.2, 0.25) is 0 Å². The van der Waals surface area contributed by atoms with Gasteiger partial charge in [-0.2, -0.15) is 0 Å². The van der Waals surface area contributed by atoms with Crippen LogP contribution in [0, 0.1) is 20.8 Å². The van der Waals surface area contributed by atoms with Gasteiger partial charge in [0.25, 0.3) is 0 Å². The summed E-state index contributed by atoms with van der Waals surface area (Å²) in [4.78, 5) is 4.60. The molecular formula is C23H23NO. The van der Waals surface area contributed by atoms with Crippen LogP contribution >= 0.6 is 0 Å². The van der Waals surface area contributed by atoms with E-state index < -0.39 is 0 Å². The lowest BCUT2D eigenvalue weighted by Crippen LogP contribution is -1.95. The number of aryl methyl sites for hydroxylation is 3. The largest absolute Gasteiger partial charge is 0.489 e. The molecule has 0 aromatic heterocycles. The fourth-order valence-corrected chi connectivity index (χ4v) is 2.50. The minimum absolute atomic E-state index is 0.580. The molecule has 0 aliphatic heterocycles. The molecule has 0 heterocycles. The van der Waals surface area contributed by atoms with Crippen LogP contribution in [0.3, 0.4) is 0 Å². The SMILES string of the molecule is Cc1ccc(COc2ccc(C=Nc3cc(C)ccc3C)cc2)cc1. The summed E-state index contributed by atoms with van der Waals surface area (Å²) in [7, 11) is 0. The summed E-state index contributed by atoms with van der Waals surface area (Å²) in [6, 6.07) is 22.7. The Labute approximate surface area is 149 Å². The molecule has 0 radical (unpaired) electrons. The normalized spacial score (nSPS) is 11.0. The van der Waals surface area contributed by atoms with Crippen LogP contribution in [0.15, 0.2) is 71.7 Å². The van der Waals surface area contributed by atoms with Gasteiger partial charge in [-0.1, -0.05) is 42.0 Å². The van der Waals surface area contributed by atoms with E-state index in [-0.39, 0.29) is 0 Å². The van der Waals surface area contributed by atoms with Gasteiger partial charge in [0.15, 0.2) is 0 Å². The molecule has 3 aromatic carbocycles. The van der Waals surface area contributed by atoms with Crippen molar-refractivity contribution >= 4 is 11.9 Å². The Bertz CT molecular complexity index is 862. The van der Waals surface area contributed by atoms with Crippen LogP contribution in [0.4, 0.5) is 5.69 Å². The van der Waals surface area contributed by atoms with Crippen LogP contribution in [-0.4, -0.2) is 6.21 Å². The molecule has 0 N–H and O–H groups in total. The first-order chi connectivity index (χ1) is 12.1. The number of rotatable bonds is 5. The molecule has 0 bridgehead atoms. The number of aliphatic imine (C=N–C) groups is 1. The molecule has 0 aliphatic rings. The first-order valence-electron chi connectivity index (χ1n) is 8.50. The molecule has 0 saturated carbocycles. The zero-order valence-electron chi connectivity index (χ0n) is 15.0. The van der Waals surface area contributed by atoms with Crippen molar-refractivity contribution in [1.82, 2.24) is 0 Å². The van der Waals surface area contributed by atoms with Gasteiger partial charge in [0, 0.05) is 6.21 Å². The van der Waals surface area contributed by atoms with Gasteiger partial charge in [0.2, 0.25) is 0 Å². The summed E-state index contributed by atoms with van der Waals surface area (Å²) in [6.45, 7) is 6.83. The monoisotopic (exact) mass is 329 g/mol. The lowest BCUT2D eigenvalue weighted by Gasteiger charge is -2.07. The molecule has 0 saturated heterocycles. The van der Waals surface area contributed by atoms with Crippen molar-refractivity contribution in [2.45, 2.75) is 27.4 Å². The average Bonchev–Trinajstić information content (AvgIpc) is 2.63. The third-order valence-corrected chi connectivity index (χ3v) is 4.12. The van der Waals surface area contributed by atoms with E-state index >= 15 is 0 Å². The Morgan fingerprint density at radius 3 is 2.20 bits per heavy atom. The minimum Gasteiger partial charge on any atom is -0.489 e. The summed E-state index contributed by atoms with van der Waals surface area (Å²) < 4.78 is 5.84. The zero-order chi connectivity index (χ0) is 17.6. The maximum atomic E-state index is 5.84. The second-order valence-electron chi connectivity index (χ2n) is 6.39. The smallest absolute Gasteiger partial charge is 0.119 e. The predicted molar refractivity (Wildman–Crippen MR) is 105 cm³/mol. The molecular weight excluding hydrogens is 306 g/mol. The van der Waals surface area contributed by atoms with E-state index in [1.54, 1.807) is 0 Å². The van der Waals surface area contributed by atoms with Crippen molar-refractivity contribution in [2.24, 2.45) is 4.99 Å². The minimum atomic E-state index is 0.580. The second-order valence-corrected chi connectivity index (χ2v) is 6.39. The molecule has 2 heteroatoms. The Morgan fingerprint density at radius 2 is 1.48 bits per heavy atom. The van der Waals surface area contributed by atoms with E-state index in [1.165, 1.54) is 22.3 Å². The highest BCUT2D eigenvalue weighted by Crippen LogP contribution is 2.20. The van der Waals surface area contributed by atoms with Gasteiger partial charge in [-0.25, -0.2) is 0 Å². The Kier molecular flexibility index (Phi) is 5.30. The summed E-state index contributed by atoms with van der Waals surface area (Å²) >= 11 is 0. The number of hydrogen-bond donors (Lipinski definition) is 0. The van der Waals surface area contributed by atoms with Crippen LogP contribution in [0.1, 0.15) is 27.8 Å². The molecule has 3 rings (SSSR count). The van der Waals surface area contributed by atoms with Crippen molar-refractivity contribution in [1.29, 1.82) is 0 Å². The molecule has 0 amide bonds. The van der Waals surface area contributed by atoms with Crippen molar-refractivity contribution in [3.05, 3.63) is 94.5 Å². The van der Waals surface area contributed by atoms with Crippen molar-refractivity contribution in [2.75, 3.05) is 0 Å². The molecule has 0 atom stereocenters. The molecule has 126 valence electrons. The quantitative estimate of drug-likeness (QED) is 0.531. The molecule has 0 fully saturated rings. The topological polar surface area (TPSA) is 21.6 Å². The standard InChI is InChI=1S/C23H23NO/c1-17-5-8-21(9-6-17)16-25-22-12-10-20(11-13-22)15-24-23-14-18(2)4-7-19(23)3/h4-15H,16H2,1-3H3. The third kappa shape index (κ3) is 4.80. The van der Waals surface area contributed by atoms with Gasteiger partial charge >= 0.3 is 0 Å². The highest BCUT2D eigenvalue weighted by atomic mass is 16.5. The van der Waals surface area contributed by atoms with Crippen molar-refractivity contribution < 1.29 is 4.74 Å². The highest BCUT2D eigenvalue weighted by Gasteiger charge is 1.98. The van der Waals surface area contributed by atoms with Gasteiger partial charge in [0.05, 0.1) is 5.69 Å². The lowest BCUT2D eigenvalue weighted by molar-refractivity contribution is 0.306. The van der Waals surface area contributed by atoms with E-state index in [0.29, 0.717) is 6.61 Å². The molecule has 25 heavy (non-hydrogen) atoms. The van der Waals surface area contributed by atoms with Crippen LogP contribution in [0.25, 0.3) is 0 Å².